The highest BCUT2D eigenvalue weighted by atomic mass is 16.5. The first-order valence-electron chi connectivity index (χ1n) is 11.1. The van der Waals surface area contributed by atoms with E-state index in [1.807, 2.05) is 24.3 Å². The van der Waals surface area contributed by atoms with E-state index in [0.29, 0.717) is 6.04 Å². The molecule has 0 aliphatic carbocycles. The molecule has 2 aliphatic rings. The minimum atomic E-state index is 0.142. The fourth-order valence-electron chi connectivity index (χ4n) is 4.76. The molecule has 0 amide bonds. The fraction of sp³-hybridized carbons (Fsp3) is 0.480. The topological polar surface area (TPSA) is 36.0 Å². The van der Waals surface area contributed by atoms with Gasteiger partial charge in [0.2, 0.25) is 0 Å². The zero-order valence-electron chi connectivity index (χ0n) is 18.2. The van der Waals surface area contributed by atoms with E-state index in [-0.39, 0.29) is 5.78 Å². The van der Waals surface area contributed by atoms with E-state index in [0.717, 1.165) is 57.1 Å². The summed E-state index contributed by atoms with van der Waals surface area (Å²) < 4.78 is 5.28. The number of hydrogen-bond donors (Lipinski definition) is 0. The number of methoxy groups -OCH3 is 1. The lowest BCUT2D eigenvalue weighted by Crippen LogP contribution is -2.55. The smallest absolute Gasteiger partial charge is 0.159 e. The number of carbonyl (C=O) groups excluding carboxylic acids is 1. The van der Waals surface area contributed by atoms with Crippen molar-refractivity contribution in [3.8, 4) is 5.75 Å². The average Bonchev–Trinajstić information content (AvgIpc) is 2.79. The van der Waals surface area contributed by atoms with E-state index in [9.17, 15) is 4.79 Å². The van der Waals surface area contributed by atoms with Gasteiger partial charge in [-0.05, 0) is 62.2 Å². The second-order valence-electron chi connectivity index (χ2n) is 8.51. The molecule has 0 spiro atoms. The van der Waals surface area contributed by atoms with Gasteiger partial charge in [0, 0.05) is 56.6 Å². The molecule has 160 valence electrons. The SMILES string of the molecule is COc1ccc(N2CCN([C@@H]3CCCN(Cc4cccc(C(C)=O)c4)C3)CC2)cc1. The van der Waals surface area contributed by atoms with Crippen LogP contribution in [0.5, 0.6) is 5.75 Å². The van der Waals surface area contributed by atoms with Gasteiger partial charge in [-0.3, -0.25) is 14.6 Å². The number of ether oxygens (including phenoxy) is 1. The van der Waals surface area contributed by atoms with Gasteiger partial charge in [0.15, 0.2) is 5.78 Å². The maximum Gasteiger partial charge on any atom is 0.159 e. The molecule has 4 rings (SSSR count). The van der Waals surface area contributed by atoms with Gasteiger partial charge in [-0.25, -0.2) is 0 Å². The maximum absolute atomic E-state index is 11.7. The molecule has 2 aliphatic heterocycles. The Morgan fingerprint density at radius 3 is 2.50 bits per heavy atom. The summed E-state index contributed by atoms with van der Waals surface area (Å²) in [5.74, 6) is 1.05. The molecular weight excluding hydrogens is 374 g/mol. The minimum absolute atomic E-state index is 0.142. The molecule has 1 atom stereocenters. The van der Waals surface area contributed by atoms with Crippen LogP contribution in [-0.2, 0) is 6.54 Å². The van der Waals surface area contributed by atoms with Crippen LogP contribution in [0.3, 0.4) is 0 Å². The third kappa shape index (κ3) is 5.02. The summed E-state index contributed by atoms with van der Waals surface area (Å²) in [6.45, 7) is 9.21. The number of likely N-dealkylation sites (tertiary alicyclic amines) is 1. The van der Waals surface area contributed by atoms with Gasteiger partial charge >= 0.3 is 0 Å². The van der Waals surface area contributed by atoms with Gasteiger partial charge < -0.3 is 9.64 Å². The lowest BCUT2D eigenvalue weighted by atomic mass is 10.0. The molecule has 5 heteroatoms. The molecule has 0 radical (unpaired) electrons. The zero-order valence-corrected chi connectivity index (χ0v) is 18.2. The monoisotopic (exact) mass is 407 g/mol. The Kier molecular flexibility index (Phi) is 6.70. The lowest BCUT2D eigenvalue weighted by molar-refractivity contribution is 0.0887. The van der Waals surface area contributed by atoms with Crippen molar-refractivity contribution in [3.05, 3.63) is 59.7 Å². The first-order valence-corrected chi connectivity index (χ1v) is 11.1. The molecule has 0 unspecified atom stereocenters. The summed E-state index contributed by atoms with van der Waals surface area (Å²) in [6, 6.07) is 17.1. The van der Waals surface area contributed by atoms with Crippen molar-refractivity contribution in [2.75, 3.05) is 51.3 Å². The maximum atomic E-state index is 11.7. The molecular formula is C25H33N3O2. The van der Waals surface area contributed by atoms with Crippen LogP contribution >= 0.6 is 0 Å². The molecule has 0 N–H and O–H groups in total. The zero-order chi connectivity index (χ0) is 20.9. The van der Waals surface area contributed by atoms with Crippen molar-refractivity contribution in [2.24, 2.45) is 0 Å². The Morgan fingerprint density at radius 1 is 1.03 bits per heavy atom. The minimum Gasteiger partial charge on any atom is -0.497 e. The number of ketones is 1. The highest BCUT2D eigenvalue weighted by Gasteiger charge is 2.28. The first kappa shape index (κ1) is 20.9. The van der Waals surface area contributed by atoms with Gasteiger partial charge in [0.05, 0.1) is 7.11 Å². The van der Waals surface area contributed by atoms with Gasteiger partial charge in [-0.15, -0.1) is 0 Å². The van der Waals surface area contributed by atoms with E-state index >= 15 is 0 Å². The van der Waals surface area contributed by atoms with E-state index in [2.05, 4.69) is 39.0 Å². The molecule has 0 bridgehead atoms. The Balaban J connectivity index is 1.31. The van der Waals surface area contributed by atoms with Crippen molar-refractivity contribution < 1.29 is 9.53 Å². The van der Waals surface area contributed by atoms with Crippen molar-refractivity contribution in [2.45, 2.75) is 32.4 Å². The lowest BCUT2D eigenvalue weighted by Gasteiger charge is -2.44. The Morgan fingerprint density at radius 2 is 1.80 bits per heavy atom. The molecule has 2 heterocycles. The highest BCUT2D eigenvalue weighted by Crippen LogP contribution is 2.23. The summed E-state index contributed by atoms with van der Waals surface area (Å²) in [6.07, 6.45) is 2.53. The predicted molar refractivity (Wildman–Crippen MR) is 122 cm³/mol. The standard InChI is InChI=1S/C25H33N3O2/c1-20(29)22-6-3-5-21(17-22)18-26-12-4-7-24(19-26)28-15-13-27(14-16-28)23-8-10-25(30-2)11-9-23/h3,5-6,8-11,17,24H,4,7,12-16,18-19H2,1-2H3/t24-/m1/s1. The van der Waals surface area contributed by atoms with Crippen molar-refractivity contribution in [3.63, 3.8) is 0 Å². The van der Waals surface area contributed by atoms with E-state index in [1.54, 1.807) is 14.0 Å². The number of anilines is 1. The first-order chi connectivity index (χ1) is 14.6. The number of Topliss-reactive ketones (excluding diaryl/α,β-unsaturated/α-hetero) is 1. The molecule has 5 nitrogen and oxygen atoms in total. The third-order valence-corrected chi connectivity index (χ3v) is 6.49. The number of rotatable bonds is 6. The van der Waals surface area contributed by atoms with Gasteiger partial charge in [-0.1, -0.05) is 18.2 Å². The Labute approximate surface area is 180 Å². The molecule has 2 saturated heterocycles. The van der Waals surface area contributed by atoms with Crippen molar-refractivity contribution in [1.82, 2.24) is 9.80 Å². The number of piperazine rings is 1. The van der Waals surface area contributed by atoms with E-state index in [1.165, 1.54) is 24.1 Å². The number of carbonyl (C=O) groups is 1. The van der Waals surface area contributed by atoms with Crippen LogP contribution in [0.25, 0.3) is 0 Å². The summed E-state index contributed by atoms with van der Waals surface area (Å²) >= 11 is 0. The highest BCUT2D eigenvalue weighted by molar-refractivity contribution is 5.94. The normalized spacial score (nSPS) is 20.9. The predicted octanol–water partition coefficient (Wildman–Crippen LogP) is 3.68. The van der Waals surface area contributed by atoms with Crippen LogP contribution in [0.15, 0.2) is 48.5 Å². The average molecular weight is 408 g/mol. The van der Waals surface area contributed by atoms with E-state index in [4.69, 9.17) is 4.74 Å². The number of nitrogens with zero attached hydrogens (tertiary/aromatic N) is 3. The summed E-state index contributed by atoms with van der Waals surface area (Å²) in [5, 5.41) is 0. The molecule has 2 aromatic carbocycles. The largest absolute Gasteiger partial charge is 0.497 e. The molecule has 0 saturated carbocycles. The second kappa shape index (κ2) is 9.63. The second-order valence-corrected chi connectivity index (χ2v) is 8.51. The van der Waals surface area contributed by atoms with Crippen LogP contribution in [0.2, 0.25) is 0 Å². The quantitative estimate of drug-likeness (QED) is 0.683. The van der Waals surface area contributed by atoms with Crippen LogP contribution in [0.4, 0.5) is 5.69 Å². The number of hydrogen-bond acceptors (Lipinski definition) is 5. The molecule has 0 aromatic heterocycles. The van der Waals surface area contributed by atoms with Gasteiger partial charge in [0.1, 0.15) is 5.75 Å². The third-order valence-electron chi connectivity index (χ3n) is 6.49. The van der Waals surface area contributed by atoms with Gasteiger partial charge in [0.25, 0.3) is 0 Å². The van der Waals surface area contributed by atoms with Gasteiger partial charge in [-0.2, -0.15) is 0 Å². The summed E-state index contributed by atoms with van der Waals surface area (Å²) in [4.78, 5) is 19.4. The molecule has 2 fully saturated rings. The van der Waals surface area contributed by atoms with Crippen LogP contribution < -0.4 is 9.64 Å². The molecule has 2 aromatic rings. The molecule has 30 heavy (non-hydrogen) atoms. The number of piperidine rings is 1. The van der Waals surface area contributed by atoms with E-state index < -0.39 is 0 Å². The summed E-state index contributed by atoms with van der Waals surface area (Å²) in [5.41, 5.74) is 3.34. The fourth-order valence-corrected chi connectivity index (χ4v) is 4.76. The van der Waals surface area contributed by atoms with Crippen LogP contribution in [-0.4, -0.2) is 68.0 Å². The number of benzene rings is 2. The van der Waals surface area contributed by atoms with Crippen molar-refractivity contribution in [1.29, 1.82) is 0 Å². The van der Waals surface area contributed by atoms with Crippen LogP contribution in [0, 0.1) is 0 Å². The Hall–Kier alpha value is -2.37. The van der Waals surface area contributed by atoms with Crippen molar-refractivity contribution >= 4 is 11.5 Å². The summed E-state index contributed by atoms with van der Waals surface area (Å²) in [7, 11) is 1.71. The Bertz CT molecular complexity index is 844. The van der Waals surface area contributed by atoms with Crippen LogP contribution in [0.1, 0.15) is 35.7 Å².